The van der Waals surface area contributed by atoms with Crippen LogP contribution < -0.4 is 11.1 Å². The highest BCUT2D eigenvalue weighted by Gasteiger charge is 2.48. The standard InChI is InChI=1S/C18H24N4O2/c1-17(2)9-13(20)10-18(3,4)22(17)16(24)15(23)21-14-7-5-12(11-19)6-8-14/h5-8,13H,9-10,20H2,1-4H3,(H,21,23). The Morgan fingerprint density at radius 2 is 1.67 bits per heavy atom. The molecule has 1 aromatic rings. The largest absolute Gasteiger partial charge is 0.328 e. The molecule has 6 nitrogen and oxygen atoms in total. The van der Waals surface area contributed by atoms with Crippen LogP contribution in [0.3, 0.4) is 0 Å². The second kappa shape index (κ2) is 6.25. The summed E-state index contributed by atoms with van der Waals surface area (Å²) in [6, 6.07) is 8.40. The van der Waals surface area contributed by atoms with Crippen molar-refractivity contribution in [2.75, 3.05) is 5.32 Å². The molecule has 1 aromatic carbocycles. The van der Waals surface area contributed by atoms with Gasteiger partial charge in [-0.25, -0.2) is 0 Å². The fraction of sp³-hybridized carbons (Fsp3) is 0.500. The van der Waals surface area contributed by atoms with Crippen LogP contribution >= 0.6 is 0 Å². The normalized spacial score (nSPS) is 19.4. The summed E-state index contributed by atoms with van der Waals surface area (Å²) in [6.07, 6.45) is 1.29. The van der Waals surface area contributed by atoms with Crippen molar-refractivity contribution >= 4 is 17.5 Å². The zero-order chi connectivity index (χ0) is 18.1. The first-order chi connectivity index (χ1) is 11.1. The maximum absolute atomic E-state index is 12.8. The molecule has 1 aliphatic rings. The molecule has 0 aromatic heterocycles. The third-order valence-corrected chi connectivity index (χ3v) is 4.40. The second-order valence-electron chi connectivity index (χ2n) is 7.58. The van der Waals surface area contributed by atoms with Crippen LogP contribution in [0.5, 0.6) is 0 Å². The molecule has 0 aliphatic carbocycles. The van der Waals surface area contributed by atoms with Gasteiger partial charge >= 0.3 is 11.8 Å². The molecule has 0 saturated carbocycles. The lowest BCUT2D eigenvalue weighted by Crippen LogP contribution is -2.66. The molecule has 1 aliphatic heterocycles. The monoisotopic (exact) mass is 328 g/mol. The van der Waals surface area contributed by atoms with Crippen LogP contribution in [0, 0.1) is 11.3 Å². The lowest BCUT2D eigenvalue weighted by atomic mass is 9.77. The number of hydrogen-bond donors (Lipinski definition) is 2. The van der Waals surface area contributed by atoms with Gasteiger partial charge in [0.05, 0.1) is 11.6 Å². The van der Waals surface area contributed by atoms with E-state index in [4.69, 9.17) is 11.0 Å². The Labute approximate surface area is 142 Å². The van der Waals surface area contributed by atoms with Gasteiger partial charge in [0, 0.05) is 22.8 Å². The summed E-state index contributed by atoms with van der Waals surface area (Å²) >= 11 is 0. The Bertz CT molecular complexity index is 668. The zero-order valence-corrected chi connectivity index (χ0v) is 14.6. The Balaban J connectivity index is 2.19. The van der Waals surface area contributed by atoms with Crippen molar-refractivity contribution in [3.05, 3.63) is 29.8 Å². The van der Waals surface area contributed by atoms with Crippen LogP contribution in [0.15, 0.2) is 24.3 Å². The van der Waals surface area contributed by atoms with Crippen molar-refractivity contribution < 1.29 is 9.59 Å². The Kier molecular flexibility index (Phi) is 4.68. The van der Waals surface area contributed by atoms with E-state index in [-0.39, 0.29) is 6.04 Å². The molecule has 2 amide bonds. The van der Waals surface area contributed by atoms with Crippen molar-refractivity contribution in [3.63, 3.8) is 0 Å². The Morgan fingerprint density at radius 3 is 2.12 bits per heavy atom. The number of amides is 2. The molecule has 1 heterocycles. The summed E-state index contributed by atoms with van der Waals surface area (Å²) in [5.41, 5.74) is 6.09. The van der Waals surface area contributed by atoms with E-state index in [1.807, 2.05) is 33.8 Å². The third kappa shape index (κ3) is 3.57. The smallest absolute Gasteiger partial charge is 0.313 e. The molecule has 0 bridgehead atoms. The SMILES string of the molecule is CC1(C)CC(N)CC(C)(C)N1C(=O)C(=O)Nc1ccc(C#N)cc1. The highest BCUT2D eigenvalue weighted by molar-refractivity contribution is 6.39. The number of carbonyl (C=O) groups excluding carboxylic acids is 2. The number of nitriles is 1. The molecule has 3 N–H and O–H groups in total. The third-order valence-electron chi connectivity index (χ3n) is 4.40. The number of nitrogens with two attached hydrogens (primary N) is 1. The van der Waals surface area contributed by atoms with Crippen LogP contribution in [-0.4, -0.2) is 33.8 Å². The van der Waals surface area contributed by atoms with Gasteiger partial charge in [-0.1, -0.05) is 0 Å². The van der Waals surface area contributed by atoms with E-state index >= 15 is 0 Å². The average molecular weight is 328 g/mol. The van der Waals surface area contributed by atoms with Gasteiger partial charge in [-0.05, 0) is 64.8 Å². The second-order valence-corrected chi connectivity index (χ2v) is 7.58. The number of hydrogen-bond acceptors (Lipinski definition) is 4. The maximum atomic E-state index is 12.8. The first-order valence-corrected chi connectivity index (χ1v) is 7.98. The number of nitrogens with one attached hydrogen (secondary N) is 1. The number of benzene rings is 1. The molecule has 0 radical (unpaired) electrons. The lowest BCUT2D eigenvalue weighted by Gasteiger charge is -2.54. The predicted molar refractivity (Wildman–Crippen MR) is 92.0 cm³/mol. The number of piperidine rings is 1. The van der Waals surface area contributed by atoms with E-state index in [0.29, 0.717) is 24.1 Å². The maximum Gasteiger partial charge on any atom is 0.313 e. The van der Waals surface area contributed by atoms with E-state index in [0.717, 1.165) is 0 Å². The number of likely N-dealkylation sites (tertiary alicyclic amines) is 1. The molecule has 0 unspecified atom stereocenters. The Hall–Kier alpha value is -2.39. The summed E-state index contributed by atoms with van der Waals surface area (Å²) in [4.78, 5) is 26.9. The number of carbonyl (C=O) groups is 2. The van der Waals surface area contributed by atoms with E-state index in [2.05, 4.69) is 5.32 Å². The van der Waals surface area contributed by atoms with Gasteiger partial charge in [-0.3, -0.25) is 9.59 Å². The molecule has 6 heteroatoms. The van der Waals surface area contributed by atoms with Gasteiger partial charge in [-0.2, -0.15) is 5.26 Å². The molecular weight excluding hydrogens is 304 g/mol. The summed E-state index contributed by atoms with van der Waals surface area (Å²) in [6.45, 7) is 7.72. The van der Waals surface area contributed by atoms with Crippen molar-refractivity contribution in [1.82, 2.24) is 4.90 Å². The van der Waals surface area contributed by atoms with Gasteiger partial charge in [0.2, 0.25) is 0 Å². The Morgan fingerprint density at radius 1 is 1.17 bits per heavy atom. The summed E-state index contributed by atoms with van der Waals surface area (Å²) in [7, 11) is 0. The number of rotatable bonds is 1. The molecule has 1 fully saturated rings. The summed E-state index contributed by atoms with van der Waals surface area (Å²) in [5.74, 6) is -1.25. The van der Waals surface area contributed by atoms with E-state index in [9.17, 15) is 9.59 Å². The fourth-order valence-electron chi connectivity index (χ4n) is 3.82. The van der Waals surface area contributed by atoms with Gasteiger partial charge in [0.25, 0.3) is 0 Å². The molecule has 24 heavy (non-hydrogen) atoms. The number of anilines is 1. The molecular formula is C18H24N4O2. The van der Waals surface area contributed by atoms with Gasteiger partial charge in [-0.15, -0.1) is 0 Å². The minimum absolute atomic E-state index is 0.000590. The molecule has 1 saturated heterocycles. The predicted octanol–water partition coefficient (Wildman–Crippen LogP) is 2.00. The van der Waals surface area contributed by atoms with Crippen LogP contribution in [0.1, 0.15) is 46.1 Å². The van der Waals surface area contributed by atoms with Crippen LogP contribution in [-0.2, 0) is 9.59 Å². The van der Waals surface area contributed by atoms with E-state index in [1.54, 1.807) is 29.2 Å². The molecule has 128 valence electrons. The molecule has 2 rings (SSSR count). The van der Waals surface area contributed by atoms with Crippen LogP contribution in [0.25, 0.3) is 0 Å². The minimum atomic E-state index is -0.684. The van der Waals surface area contributed by atoms with Crippen LogP contribution in [0.4, 0.5) is 5.69 Å². The highest BCUT2D eigenvalue weighted by Crippen LogP contribution is 2.37. The van der Waals surface area contributed by atoms with E-state index in [1.165, 1.54) is 0 Å². The number of nitrogens with zero attached hydrogens (tertiary/aromatic N) is 2. The summed E-state index contributed by atoms with van der Waals surface area (Å²) < 4.78 is 0. The van der Waals surface area contributed by atoms with Gasteiger partial charge in [0.1, 0.15) is 0 Å². The first kappa shape index (κ1) is 18.0. The lowest BCUT2D eigenvalue weighted by molar-refractivity contribution is -0.156. The van der Waals surface area contributed by atoms with Crippen LogP contribution in [0.2, 0.25) is 0 Å². The van der Waals surface area contributed by atoms with Gasteiger partial charge in [0.15, 0.2) is 0 Å². The van der Waals surface area contributed by atoms with Crippen molar-refractivity contribution in [1.29, 1.82) is 5.26 Å². The molecule has 0 atom stereocenters. The van der Waals surface area contributed by atoms with E-state index < -0.39 is 22.9 Å². The first-order valence-electron chi connectivity index (χ1n) is 7.98. The average Bonchev–Trinajstić information content (AvgIpc) is 2.44. The highest BCUT2D eigenvalue weighted by atomic mass is 16.2. The van der Waals surface area contributed by atoms with Crippen molar-refractivity contribution in [2.24, 2.45) is 5.73 Å². The molecule has 0 spiro atoms. The van der Waals surface area contributed by atoms with Crippen molar-refractivity contribution in [3.8, 4) is 6.07 Å². The summed E-state index contributed by atoms with van der Waals surface area (Å²) in [5, 5.41) is 11.4. The minimum Gasteiger partial charge on any atom is -0.328 e. The quantitative estimate of drug-likeness (QED) is 0.770. The van der Waals surface area contributed by atoms with Gasteiger partial charge < -0.3 is 16.0 Å². The zero-order valence-electron chi connectivity index (χ0n) is 14.6. The van der Waals surface area contributed by atoms with Crippen molar-refractivity contribution in [2.45, 2.75) is 57.7 Å². The topological polar surface area (TPSA) is 99.2 Å². The fourth-order valence-corrected chi connectivity index (χ4v) is 3.82.